The zero-order valence-electron chi connectivity index (χ0n) is 20.5. The van der Waals surface area contributed by atoms with Gasteiger partial charge in [0.1, 0.15) is 17.2 Å². The van der Waals surface area contributed by atoms with Gasteiger partial charge in [0.15, 0.2) is 11.6 Å². The zero-order chi connectivity index (χ0) is 25.9. The van der Waals surface area contributed by atoms with Crippen LogP contribution in [0.5, 0.6) is 11.5 Å². The van der Waals surface area contributed by atoms with Gasteiger partial charge in [-0.3, -0.25) is 4.57 Å². The van der Waals surface area contributed by atoms with Crippen molar-refractivity contribution >= 4 is 11.9 Å². The number of anilines is 2. The van der Waals surface area contributed by atoms with Gasteiger partial charge in [-0.1, -0.05) is 6.07 Å². The van der Waals surface area contributed by atoms with Gasteiger partial charge in [-0.25, -0.2) is 14.4 Å². The van der Waals surface area contributed by atoms with Gasteiger partial charge in [0.25, 0.3) is 0 Å². The van der Waals surface area contributed by atoms with Gasteiger partial charge in [-0.05, 0) is 43.5 Å². The number of aliphatic hydroxyl groups excluding tert-OH is 1. The van der Waals surface area contributed by atoms with Crippen LogP contribution in [0, 0.1) is 5.82 Å². The molecule has 1 fully saturated rings. The average molecular weight is 502 g/mol. The van der Waals surface area contributed by atoms with E-state index in [2.05, 4.69) is 25.1 Å². The molecule has 0 bridgehead atoms. The number of aromatic nitrogens is 5. The van der Waals surface area contributed by atoms with Crippen molar-refractivity contribution in [1.29, 1.82) is 0 Å². The Morgan fingerprint density at radius 1 is 0.972 bits per heavy atom. The van der Waals surface area contributed by atoms with Gasteiger partial charge >= 0.3 is 0 Å². The lowest BCUT2D eigenvalue weighted by molar-refractivity contribution is 0.391. The van der Waals surface area contributed by atoms with E-state index in [1.807, 2.05) is 18.2 Å². The molecule has 0 amide bonds. The zero-order valence-corrected chi connectivity index (χ0v) is 20.5. The van der Waals surface area contributed by atoms with Crippen molar-refractivity contribution in [2.45, 2.75) is 19.3 Å². The number of nitrogens with two attached hydrogens (primary N) is 1. The van der Waals surface area contributed by atoms with Crippen LogP contribution in [0.3, 0.4) is 0 Å². The molecule has 3 aromatic heterocycles. The topological polar surface area (TPSA) is 138 Å². The van der Waals surface area contributed by atoms with Crippen LogP contribution in [0.1, 0.15) is 20.7 Å². The Morgan fingerprint density at radius 3 is 2.17 bits per heavy atom. The predicted octanol–water partition coefficient (Wildman–Crippen LogP) is 3.59. The van der Waals surface area contributed by atoms with Crippen LogP contribution in [-0.4, -0.2) is 64.3 Å². The monoisotopic (exact) mass is 501 g/mol. The highest BCUT2D eigenvalue weighted by Gasteiger charge is 2.22. The molecule has 3 N–H and O–H groups in total. The smallest absolute Gasteiger partial charge is 0.227 e. The summed E-state index contributed by atoms with van der Waals surface area (Å²) in [5.74, 6) is 2.70. The van der Waals surface area contributed by atoms with Crippen molar-refractivity contribution < 1.29 is 24.8 Å². The molecule has 4 aromatic rings. The van der Waals surface area contributed by atoms with E-state index in [0.717, 1.165) is 20.2 Å². The molecule has 12 heteroatoms. The number of hydrogen-bond acceptors (Lipinski definition) is 10. The van der Waals surface area contributed by atoms with Crippen LogP contribution in [0.25, 0.3) is 17.3 Å². The van der Waals surface area contributed by atoms with Crippen LogP contribution >= 0.6 is 0 Å². The van der Waals surface area contributed by atoms with Gasteiger partial charge in [0.05, 0.1) is 32.9 Å². The van der Waals surface area contributed by atoms with Gasteiger partial charge in [0.2, 0.25) is 17.7 Å². The highest BCUT2D eigenvalue weighted by atomic mass is 19.1. The molecular formula is C24H32FN7O4. The SMILES string of the molecule is CO.COc1cccc(OC)c1-n1c(N)nnc1-c1ccco1.Fc1cnc(N2CCCCC2)nc1.[HH]. The summed E-state index contributed by atoms with van der Waals surface area (Å²) in [6, 6.07) is 8.99. The molecule has 1 aliphatic rings. The second-order valence-electron chi connectivity index (χ2n) is 7.45. The molecule has 4 heterocycles. The Kier molecular flexibility index (Phi) is 9.57. The predicted molar refractivity (Wildman–Crippen MR) is 135 cm³/mol. The summed E-state index contributed by atoms with van der Waals surface area (Å²) in [6.45, 7) is 1.98. The molecule has 0 unspecified atom stereocenters. The fraction of sp³-hybridized carbons (Fsp3) is 0.333. The molecule has 1 aromatic carbocycles. The minimum atomic E-state index is -0.374. The maximum absolute atomic E-state index is 12.5. The first-order chi connectivity index (χ1) is 17.6. The van der Waals surface area contributed by atoms with E-state index >= 15 is 0 Å². The van der Waals surface area contributed by atoms with Crippen molar-refractivity contribution in [2.24, 2.45) is 0 Å². The first-order valence-electron chi connectivity index (χ1n) is 11.3. The first-order valence-corrected chi connectivity index (χ1v) is 11.3. The van der Waals surface area contributed by atoms with Crippen molar-refractivity contribution in [3.63, 3.8) is 0 Å². The summed E-state index contributed by atoms with van der Waals surface area (Å²) >= 11 is 0. The van der Waals surface area contributed by atoms with E-state index < -0.39 is 0 Å². The molecule has 1 aliphatic heterocycles. The third-order valence-corrected chi connectivity index (χ3v) is 5.30. The largest absolute Gasteiger partial charge is 0.494 e. The second kappa shape index (κ2) is 13.0. The van der Waals surface area contributed by atoms with Crippen LogP contribution in [-0.2, 0) is 0 Å². The van der Waals surface area contributed by atoms with E-state index in [1.54, 1.807) is 37.2 Å². The Labute approximate surface area is 209 Å². The molecule has 0 saturated carbocycles. The number of rotatable bonds is 5. The molecule has 194 valence electrons. The summed E-state index contributed by atoms with van der Waals surface area (Å²) < 4.78 is 30.3. The van der Waals surface area contributed by atoms with Crippen molar-refractivity contribution in [3.05, 3.63) is 54.8 Å². The summed E-state index contributed by atoms with van der Waals surface area (Å²) in [5.41, 5.74) is 6.58. The maximum Gasteiger partial charge on any atom is 0.227 e. The Balaban J connectivity index is 0.000000260. The number of furan rings is 1. The van der Waals surface area contributed by atoms with Crippen LogP contribution in [0.2, 0.25) is 0 Å². The van der Waals surface area contributed by atoms with Gasteiger partial charge in [-0.2, -0.15) is 0 Å². The van der Waals surface area contributed by atoms with E-state index in [4.69, 9.17) is 24.7 Å². The fourth-order valence-corrected chi connectivity index (χ4v) is 3.70. The summed E-state index contributed by atoms with van der Waals surface area (Å²) in [4.78, 5) is 9.98. The van der Waals surface area contributed by atoms with E-state index in [9.17, 15) is 4.39 Å². The number of para-hydroxylation sites is 1. The van der Waals surface area contributed by atoms with Crippen LogP contribution in [0.15, 0.2) is 53.4 Å². The summed E-state index contributed by atoms with van der Waals surface area (Å²) in [6.07, 6.45) is 7.64. The first kappa shape index (κ1) is 26.4. The number of nitrogen functional groups attached to an aromatic ring is 1. The van der Waals surface area contributed by atoms with Gasteiger partial charge in [0, 0.05) is 21.6 Å². The second-order valence-corrected chi connectivity index (χ2v) is 7.45. The maximum atomic E-state index is 12.5. The molecule has 11 nitrogen and oxygen atoms in total. The number of ether oxygens (including phenoxy) is 2. The summed E-state index contributed by atoms with van der Waals surface area (Å²) in [7, 11) is 4.15. The molecule has 5 rings (SSSR count). The number of benzene rings is 1. The van der Waals surface area contributed by atoms with E-state index in [0.29, 0.717) is 34.7 Å². The minimum Gasteiger partial charge on any atom is -0.494 e. The van der Waals surface area contributed by atoms with Crippen molar-refractivity contribution in [3.8, 4) is 28.8 Å². The van der Waals surface area contributed by atoms with Crippen molar-refractivity contribution in [2.75, 3.05) is 45.1 Å². The Hall–Kier alpha value is -4.19. The molecule has 1 saturated heterocycles. The third kappa shape index (κ3) is 6.08. The number of hydrogen-bond donors (Lipinski definition) is 2. The van der Waals surface area contributed by atoms with Gasteiger partial charge in [-0.15, -0.1) is 10.2 Å². The minimum absolute atomic E-state index is 0. The lowest BCUT2D eigenvalue weighted by atomic mass is 10.1. The average Bonchev–Trinajstić information content (AvgIpc) is 3.60. The van der Waals surface area contributed by atoms with Gasteiger partial charge < -0.3 is 29.6 Å². The number of halogens is 1. The Morgan fingerprint density at radius 2 is 1.61 bits per heavy atom. The fourth-order valence-electron chi connectivity index (χ4n) is 3.70. The molecule has 0 aliphatic carbocycles. The highest BCUT2D eigenvalue weighted by molar-refractivity contribution is 5.65. The van der Waals surface area contributed by atoms with E-state index in [1.165, 1.54) is 31.7 Å². The van der Waals surface area contributed by atoms with Crippen molar-refractivity contribution in [1.82, 2.24) is 24.7 Å². The quantitative estimate of drug-likeness (QED) is 0.417. The number of piperidine rings is 1. The van der Waals surface area contributed by atoms with E-state index in [-0.39, 0.29) is 13.2 Å². The third-order valence-electron chi connectivity index (χ3n) is 5.30. The lowest BCUT2D eigenvalue weighted by Crippen LogP contribution is -2.30. The Bertz CT molecular complexity index is 1180. The molecule has 0 radical (unpaired) electrons. The van der Waals surface area contributed by atoms with Crippen LogP contribution < -0.4 is 20.1 Å². The normalized spacial score (nSPS) is 12.6. The summed E-state index contributed by atoms with van der Waals surface area (Å²) in [5, 5.41) is 15.0. The standard InChI is InChI=1S/C14H14N4O3.C9H12FN3.CH4O.H2/c1-19-9-5-3-6-10(20-2)12(9)18-13(16-17-14(18)15)11-7-4-8-21-11;10-8-6-11-9(12-7-8)13-4-2-1-3-5-13;1-2;/h3-8H,1-2H3,(H2,15,17);6-7H,1-5H2;2H,1H3;1H. The lowest BCUT2D eigenvalue weighted by Gasteiger charge is -2.26. The number of methoxy groups -OCH3 is 2. The van der Waals surface area contributed by atoms with Crippen LogP contribution in [0.4, 0.5) is 16.3 Å². The molecule has 36 heavy (non-hydrogen) atoms. The molecule has 0 atom stereocenters. The molecule has 0 spiro atoms. The number of nitrogens with zero attached hydrogens (tertiary/aromatic N) is 6. The number of aliphatic hydroxyl groups is 1. The molecular weight excluding hydrogens is 469 g/mol. The highest BCUT2D eigenvalue weighted by Crippen LogP contribution is 2.36.